The lowest BCUT2D eigenvalue weighted by atomic mass is 10.1. The highest BCUT2D eigenvalue weighted by Gasteiger charge is 2.16. The highest BCUT2D eigenvalue weighted by molar-refractivity contribution is 5.97. The van der Waals surface area contributed by atoms with Gasteiger partial charge in [-0.15, -0.1) is 12.4 Å². The van der Waals surface area contributed by atoms with Crippen molar-refractivity contribution in [1.29, 1.82) is 0 Å². The van der Waals surface area contributed by atoms with Gasteiger partial charge in [-0.25, -0.2) is 0 Å². The molecule has 0 spiro atoms. The van der Waals surface area contributed by atoms with E-state index in [-0.39, 0.29) is 18.8 Å². The topological polar surface area (TPSA) is 98.2 Å². The molecule has 5 N–H and O–H groups in total. The SMILES string of the molecule is Cc1cccc(NC(=O)C(N)CC(N)=O)c1C.Cl. The molecule has 0 saturated heterocycles. The Morgan fingerprint density at radius 1 is 1.33 bits per heavy atom. The molecule has 1 aromatic rings. The van der Waals surface area contributed by atoms with Crippen LogP contribution in [-0.4, -0.2) is 17.9 Å². The normalized spacial score (nSPS) is 11.3. The number of amides is 2. The molecular formula is C12H18ClN3O2. The summed E-state index contributed by atoms with van der Waals surface area (Å²) in [6.07, 6.45) is -0.156. The lowest BCUT2D eigenvalue weighted by molar-refractivity contribution is -0.123. The maximum absolute atomic E-state index is 11.7. The standard InChI is InChI=1S/C12H17N3O2.ClH/c1-7-4-3-5-10(8(7)2)15-12(17)9(13)6-11(14)16;/h3-5,9H,6,13H2,1-2H3,(H2,14,16)(H,15,17);1H. The fourth-order valence-electron chi connectivity index (χ4n) is 1.42. The van der Waals surface area contributed by atoms with Gasteiger partial charge in [0.2, 0.25) is 11.8 Å². The second kappa shape index (κ2) is 6.98. The molecule has 0 aliphatic rings. The number of carbonyl (C=O) groups is 2. The van der Waals surface area contributed by atoms with Crippen molar-refractivity contribution >= 4 is 29.9 Å². The molecule has 1 atom stereocenters. The van der Waals surface area contributed by atoms with Crippen LogP contribution in [0.15, 0.2) is 18.2 Å². The Balaban J connectivity index is 0.00000289. The van der Waals surface area contributed by atoms with Gasteiger partial charge in [-0.3, -0.25) is 9.59 Å². The van der Waals surface area contributed by atoms with E-state index in [0.717, 1.165) is 11.1 Å². The van der Waals surface area contributed by atoms with Crippen molar-refractivity contribution < 1.29 is 9.59 Å². The molecule has 1 aromatic carbocycles. The van der Waals surface area contributed by atoms with Gasteiger partial charge < -0.3 is 16.8 Å². The molecule has 0 fully saturated rings. The summed E-state index contributed by atoms with van der Waals surface area (Å²) in [5.74, 6) is -0.994. The minimum Gasteiger partial charge on any atom is -0.370 e. The highest BCUT2D eigenvalue weighted by Crippen LogP contribution is 2.18. The largest absolute Gasteiger partial charge is 0.370 e. The Morgan fingerprint density at radius 3 is 2.50 bits per heavy atom. The summed E-state index contributed by atoms with van der Waals surface area (Å²) in [4.78, 5) is 22.3. The Kier molecular flexibility index (Phi) is 6.36. The minimum absolute atomic E-state index is 0. The van der Waals surface area contributed by atoms with Gasteiger partial charge in [0, 0.05) is 5.69 Å². The van der Waals surface area contributed by atoms with Crippen molar-refractivity contribution in [2.45, 2.75) is 26.3 Å². The van der Waals surface area contributed by atoms with E-state index in [1.807, 2.05) is 26.0 Å². The smallest absolute Gasteiger partial charge is 0.241 e. The Hall–Kier alpha value is -1.59. The number of anilines is 1. The van der Waals surface area contributed by atoms with E-state index in [0.29, 0.717) is 5.69 Å². The van der Waals surface area contributed by atoms with E-state index in [1.54, 1.807) is 6.07 Å². The Bertz CT molecular complexity index is 449. The number of hydrogen-bond donors (Lipinski definition) is 3. The summed E-state index contributed by atoms with van der Waals surface area (Å²) in [6.45, 7) is 3.86. The van der Waals surface area contributed by atoms with Crippen LogP contribution in [0.25, 0.3) is 0 Å². The van der Waals surface area contributed by atoms with Crippen LogP contribution >= 0.6 is 12.4 Å². The van der Waals surface area contributed by atoms with Gasteiger partial charge in [-0.2, -0.15) is 0 Å². The first-order valence-electron chi connectivity index (χ1n) is 5.32. The number of hydrogen-bond acceptors (Lipinski definition) is 3. The van der Waals surface area contributed by atoms with E-state index in [1.165, 1.54) is 0 Å². The van der Waals surface area contributed by atoms with Crippen LogP contribution < -0.4 is 16.8 Å². The van der Waals surface area contributed by atoms with Crippen LogP contribution in [0.2, 0.25) is 0 Å². The Morgan fingerprint density at radius 2 is 1.94 bits per heavy atom. The summed E-state index contributed by atoms with van der Waals surface area (Å²) >= 11 is 0. The molecule has 18 heavy (non-hydrogen) atoms. The molecule has 5 nitrogen and oxygen atoms in total. The molecule has 0 heterocycles. The van der Waals surface area contributed by atoms with Crippen molar-refractivity contribution in [2.75, 3.05) is 5.32 Å². The van der Waals surface area contributed by atoms with Gasteiger partial charge in [0.1, 0.15) is 0 Å². The van der Waals surface area contributed by atoms with Crippen molar-refractivity contribution in [3.63, 3.8) is 0 Å². The van der Waals surface area contributed by atoms with Crippen molar-refractivity contribution in [1.82, 2.24) is 0 Å². The van der Waals surface area contributed by atoms with Crippen molar-refractivity contribution in [3.05, 3.63) is 29.3 Å². The molecular weight excluding hydrogens is 254 g/mol. The molecule has 100 valence electrons. The number of carbonyl (C=O) groups excluding carboxylic acids is 2. The Labute approximate surface area is 112 Å². The number of benzene rings is 1. The lowest BCUT2D eigenvalue weighted by Crippen LogP contribution is -2.39. The summed E-state index contributed by atoms with van der Waals surface area (Å²) in [5.41, 5.74) is 13.3. The number of nitrogens with one attached hydrogen (secondary N) is 1. The van der Waals surface area contributed by atoms with Crippen molar-refractivity contribution in [3.8, 4) is 0 Å². The number of rotatable bonds is 4. The average molecular weight is 272 g/mol. The fraction of sp³-hybridized carbons (Fsp3) is 0.333. The van der Waals surface area contributed by atoms with Gasteiger partial charge in [-0.05, 0) is 31.0 Å². The van der Waals surface area contributed by atoms with Gasteiger partial charge in [0.05, 0.1) is 12.5 Å². The van der Waals surface area contributed by atoms with Gasteiger partial charge in [0.25, 0.3) is 0 Å². The first-order valence-corrected chi connectivity index (χ1v) is 5.32. The molecule has 0 saturated carbocycles. The van der Waals surface area contributed by atoms with Crippen LogP contribution in [0, 0.1) is 13.8 Å². The second-order valence-corrected chi connectivity index (χ2v) is 4.01. The zero-order valence-corrected chi connectivity index (χ0v) is 11.2. The highest BCUT2D eigenvalue weighted by atomic mass is 35.5. The molecule has 0 radical (unpaired) electrons. The first-order chi connectivity index (χ1) is 7.91. The monoisotopic (exact) mass is 271 g/mol. The summed E-state index contributed by atoms with van der Waals surface area (Å²) in [5, 5.41) is 2.68. The van der Waals surface area contributed by atoms with E-state index in [2.05, 4.69) is 5.32 Å². The van der Waals surface area contributed by atoms with Gasteiger partial charge >= 0.3 is 0 Å². The number of aryl methyl sites for hydroxylation is 1. The molecule has 1 rings (SSSR count). The van der Waals surface area contributed by atoms with Crippen LogP contribution in [0.5, 0.6) is 0 Å². The zero-order valence-electron chi connectivity index (χ0n) is 10.4. The average Bonchev–Trinajstić information content (AvgIpc) is 2.23. The molecule has 0 bridgehead atoms. The van der Waals surface area contributed by atoms with Crippen LogP contribution in [0.4, 0.5) is 5.69 Å². The molecule has 2 amide bonds. The van der Waals surface area contributed by atoms with Crippen molar-refractivity contribution in [2.24, 2.45) is 11.5 Å². The fourth-order valence-corrected chi connectivity index (χ4v) is 1.42. The van der Waals surface area contributed by atoms with Crippen LogP contribution in [0.3, 0.4) is 0 Å². The third kappa shape index (κ3) is 4.35. The lowest BCUT2D eigenvalue weighted by Gasteiger charge is -2.13. The quantitative estimate of drug-likeness (QED) is 0.758. The van der Waals surface area contributed by atoms with E-state index in [4.69, 9.17) is 11.5 Å². The maximum Gasteiger partial charge on any atom is 0.241 e. The number of nitrogens with two attached hydrogens (primary N) is 2. The molecule has 0 aliphatic carbocycles. The molecule has 6 heteroatoms. The van der Waals surface area contributed by atoms with Gasteiger partial charge in [-0.1, -0.05) is 12.1 Å². The molecule has 0 aliphatic heterocycles. The summed E-state index contributed by atoms with van der Waals surface area (Å²) in [6, 6.07) is 4.68. The van der Waals surface area contributed by atoms with E-state index in [9.17, 15) is 9.59 Å². The van der Waals surface area contributed by atoms with Crippen LogP contribution in [0.1, 0.15) is 17.5 Å². The minimum atomic E-state index is -0.910. The third-order valence-corrected chi connectivity index (χ3v) is 2.62. The molecule has 0 aromatic heterocycles. The third-order valence-electron chi connectivity index (χ3n) is 2.62. The number of halogens is 1. The predicted molar refractivity (Wildman–Crippen MR) is 73.6 cm³/mol. The molecule has 1 unspecified atom stereocenters. The van der Waals surface area contributed by atoms with Crippen LogP contribution in [-0.2, 0) is 9.59 Å². The maximum atomic E-state index is 11.7. The van der Waals surface area contributed by atoms with Gasteiger partial charge in [0.15, 0.2) is 0 Å². The summed E-state index contributed by atoms with van der Waals surface area (Å²) < 4.78 is 0. The second-order valence-electron chi connectivity index (χ2n) is 4.01. The predicted octanol–water partition coefficient (Wildman–Crippen LogP) is 0.866. The zero-order chi connectivity index (χ0) is 13.0. The summed E-state index contributed by atoms with van der Waals surface area (Å²) in [7, 11) is 0. The van der Waals surface area contributed by atoms with E-state index < -0.39 is 17.9 Å². The first kappa shape index (κ1) is 16.4. The van der Waals surface area contributed by atoms with E-state index >= 15 is 0 Å². The number of primary amides is 1.